The summed E-state index contributed by atoms with van der Waals surface area (Å²) in [6.07, 6.45) is 15.0. The van der Waals surface area contributed by atoms with Crippen LogP contribution in [0.2, 0.25) is 0 Å². The van der Waals surface area contributed by atoms with E-state index in [2.05, 4.69) is 12.2 Å². The Morgan fingerprint density at radius 2 is 1.12 bits per heavy atom. The van der Waals surface area contributed by atoms with Crippen LogP contribution in [0, 0.1) is 0 Å². The second kappa shape index (κ2) is 15.9. The fraction of sp³-hybridized carbons (Fsp3) is 1.00. The van der Waals surface area contributed by atoms with Gasteiger partial charge in [-0.3, -0.25) is 0 Å². The average Bonchev–Trinajstić information content (AvgIpc) is 2.35. The molecule has 0 fully saturated rings. The summed E-state index contributed by atoms with van der Waals surface area (Å²) in [5.41, 5.74) is 5.45. The van der Waals surface area contributed by atoms with E-state index in [4.69, 9.17) is 5.73 Å². The van der Waals surface area contributed by atoms with Crippen LogP contribution in [-0.2, 0) is 0 Å². The van der Waals surface area contributed by atoms with Gasteiger partial charge >= 0.3 is 0 Å². The highest BCUT2D eigenvalue weighted by molar-refractivity contribution is 4.51. The van der Waals surface area contributed by atoms with Crippen LogP contribution in [0.3, 0.4) is 0 Å². The van der Waals surface area contributed by atoms with Crippen LogP contribution in [0.15, 0.2) is 0 Å². The molecule has 0 aromatic carbocycles. The van der Waals surface area contributed by atoms with Gasteiger partial charge in [-0.15, -0.1) is 0 Å². The van der Waals surface area contributed by atoms with Crippen LogP contribution in [0.25, 0.3) is 0 Å². The number of nitrogens with one attached hydrogen (secondary N) is 1. The zero-order valence-electron chi connectivity index (χ0n) is 12.0. The SMILES string of the molecule is CCCCCCCCCNCCCCCCN. The molecule has 0 amide bonds. The zero-order valence-corrected chi connectivity index (χ0v) is 12.0. The summed E-state index contributed by atoms with van der Waals surface area (Å²) in [5.74, 6) is 0. The molecule has 0 aliphatic carbocycles. The van der Waals surface area contributed by atoms with Crippen molar-refractivity contribution in [3.63, 3.8) is 0 Å². The summed E-state index contributed by atoms with van der Waals surface area (Å²) < 4.78 is 0. The Balaban J connectivity index is 2.85. The molecule has 2 nitrogen and oxygen atoms in total. The van der Waals surface area contributed by atoms with E-state index in [1.54, 1.807) is 0 Å². The first-order valence-electron chi connectivity index (χ1n) is 7.82. The molecule has 17 heavy (non-hydrogen) atoms. The van der Waals surface area contributed by atoms with Gasteiger partial charge in [-0.2, -0.15) is 0 Å². The Morgan fingerprint density at radius 3 is 1.65 bits per heavy atom. The molecule has 0 aliphatic rings. The first-order chi connectivity index (χ1) is 8.41. The lowest BCUT2D eigenvalue weighted by Crippen LogP contribution is -2.16. The molecule has 3 N–H and O–H groups in total. The molecule has 0 rings (SSSR count). The quantitative estimate of drug-likeness (QED) is 0.454. The van der Waals surface area contributed by atoms with E-state index in [9.17, 15) is 0 Å². The van der Waals surface area contributed by atoms with Crippen LogP contribution >= 0.6 is 0 Å². The summed E-state index contributed by atoms with van der Waals surface area (Å²) in [7, 11) is 0. The van der Waals surface area contributed by atoms with E-state index >= 15 is 0 Å². The molecule has 2 heteroatoms. The van der Waals surface area contributed by atoms with Crippen LogP contribution in [0.4, 0.5) is 0 Å². The van der Waals surface area contributed by atoms with Crippen LogP contribution < -0.4 is 11.1 Å². The van der Waals surface area contributed by atoms with E-state index < -0.39 is 0 Å². The fourth-order valence-electron chi connectivity index (χ4n) is 2.08. The van der Waals surface area contributed by atoms with Crippen LogP contribution in [-0.4, -0.2) is 19.6 Å². The Bertz CT molecular complexity index is 112. The van der Waals surface area contributed by atoms with Crippen molar-refractivity contribution in [1.29, 1.82) is 0 Å². The second-order valence-corrected chi connectivity index (χ2v) is 5.07. The topological polar surface area (TPSA) is 38.0 Å². The van der Waals surface area contributed by atoms with Gasteiger partial charge in [-0.05, 0) is 38.9 Å². The molecule has 0 atom stereocenters. The van der Waals surface area contributed by atoms with Gasteiger partial charge in [0.1, 0.15) is 0 Å². The van der Waals surface area contributed by atoms with Gasteiger partial charge in [0.15, 0.2) is 0 Å². The predicted molar refractivity (Wildman–Crippen MR) is 78.4 cm³/mol. The number of hydrogen-bond donors (Lipinski definition) is 2. The minimum Gasteiger partial charge on any atom is -0.330 e. The van der Waals surface area contributed by atoms with Crippen molar-refractivity contribution in [2.75, 3.05) is 19.6 Å². The summed E-state index contributed by atoms with van der Waals surface area (Å²) >= 11 is 0. The third kappa shape index (κ3) is 15.9. The largest absolute Gasteiger partial charge is 0.330 e. The van der Waals surface area contributed by atoms with Crippen molar-refractivity contribution in [2.24, 2.45) is 5.73 Å². The Kier molecular flexibility index (Phi) is 15.8. The Hall–Kier alpha value is -0.0800. The van der Waals surface area contributed by atoms with Gasteiger partial charge in [-0.25, -0.2) is 0 Å². The minimum absolute atomic E-state index is 0.853. The standard InChI is InChI=1S/C15H34N2/c1-2-3-4-5-6-8-11-14-17-15-12-9-7-10-13-16/h17H,2-16H2,1H3. The van der Waals surface area contributed by atoms with Crippen molar-refractivity contribution in [3.8, 4) is 0 Å². The van der Waals surface area contributed by atoms with Crippen molar-refractivity contribution < 1.29 is 0 Å². The number of unbranched alkanes of at least 4 members (excludes halogenated alkanes) is 9. The van der Waals surface area contributed by atoms with Gasteiger partial charge < -0.3 is 11.1 Å². The summed E-state index contributed by atoms with van der Waals surface area (Å²) in [5, 5.41) is 3.53. The number of hydrogen-bond acceptors (Lipinski definition) is 2. The molecule has 0 spiro atoms. The summed E-state index contributed by atoms with van der Waals surface area (Å²) in [6, 6.07) is 0. The number of nitrogens with two attached hydrogens (primary N) is 1. The predicted octanol–water partition coefficient (Wildman–Crippen LogP) is 3.85. The molecule has 104 valence electrons. The van der Waals surface area contributed by atoms with E-state index in [1.807, 2.05) is 0 Å². The molecule has 0 aromatic rings. The minimum atomic E-state index is 0.853. The maximum atomic E-state index is 5.45. The first-order valence-corrected chi connectivity index (χ1v) is 7.82. The van der Waals surface area contributed by atoms with Gasteiger partial charge in [0.25, 0.3) is 0 Å². The highest BCUT2D eigenvalue weighted by Crippen LogP contribution is 2.06. The van der Waals surface area contributed by atoms with Crippen molar-refractivity contribution in [2.45, 2.75) is 77.6 Å². The molecular weight excluding hydrogens is 208 g/mol. The Labute approximate surface area is 109 Å². The lowest BCUT2D eigenvalue weighted by atomic mass is 10.1. The molecule has 0 heterocycles. The third-order valence-electron chi connectivity index (χ3n) is 3.26. The van der Waals surface area contributed by atoms with E-state index in [-0.39, 0.29) is 0 Å². The molecule has 0 bridgehead atoms. The van der Waals surface area contributed by atoms with E-state index in [0.717, 1.165) is 6.54 Å². The lowest BCUT2D eigenvalue weighted by molar-refractivity contribution is 0.545. The maximum absolute atomic E-state index is 5.45. The van der Waals surface area contributed by atoms with Gasteiger partial charge in [-0.1, -0.05) is 58.3 Å². The molecule has 0 radical (unpaired) electrons. The van der Waals surface area contributed by atoms with Crippen LogP contribution in [0.5, 0.6) is 0 Å². The van der Waals surface area contributed by atoms with E-state index in [0.29, 0.717) is 0 Å². The van der Waals surface area contributed by atoms with Gasteiger partial charge in [0.05, 0.1) is 0 Å². The van der Waals surface area contributed by atoms with Crippen molar-refractivity contribution in [1.82, 2.24) is 5.32 Å². The normalized spacial score (nSPS) is 10.9. The highest BCUT2D eigenvalue weighted by Gasteiger charge is 1.92. The third-order valence-corrected chi connectivity index (χ3v) is 3.26. The molecule has 0 unspecified atom stereocenters. The van der Waals surface area contributed by atoms with Crippen molar-refractivity contribution in [3.05, 3.63) is 0 Å². The fourth-order valence-corrected chi connectivity index (χ4v) is 2.08. The van der Waals surface area contributed by atoms with Gasteiger partial charge in [0, 0.05) is 0 Å². The molecule has 0 saturated heterocycles. The second-order valence-electron chi connectivity index (χ2n) is 5.07. The number of rotatable bonds is 14. The molecule has 0 aromatic heterocycles. The molecular formula is C15H34N2. The van der Waals surface area contributed by atoms with E-state index in [1.165, 1.54) is 83.7 Å². The average molecular weight is 242 g/mol. The van der Waals surface area contributed by atoms with Gasteiger partial charge in [0.2, 0.25) is 0 Å². The highest BCUT2D eigenvalue weighted by atomic mass is 14.8. The van der Waals surface area contributed by atoms with Crippen molar-refractivity contribution >= 4 is 0 Å². The molecule has 0 saturated carbocycles. The first kappa shape index (κ1) is 16.9. The van der Waals surface area contributed by atoms with Crippen LogP contribution in [0.1, 0.15) is 77.6 Å². The summed E-state index contributed by atoms with van der Waals surface area (Å²) in [4.78, 5) is 0. The smallest absolute Gasteiger partial charge is 0.00489 e. The monoisotopic (exact) mass is 242 g/mol. The summed E-state index contributed by atoms with van der Waals surface area (Å²) in [6.45, 7) is 5.54. The maximum Gasteiger partial charge on any atom is -0.00489 e. The molecule has 0 aliphatic heterocycles. The lowest BCUT2D eigenvalue weighted by Gasteiger charge is -2.04. The Morgan fingerprint density at radius 1 is 0.647 bits per heavy atom. The zero-order chi connectivity index (χ0) is 12.6.